The number of hydrogen-bond donors (Lipinski definition) is 2. The molecule has 0 aliphatic heterocycles. The van der Waals surface area contributed by atoms with Crippen LogP contribution in [-0.2, 0) is 9.59 Å². The lowest BCUT2D eigenvalue weighted by Crippen LogP contribution is -2.21. The van der Waals surface area contributed by atoms with E-state index in [-0.39, 0.29) is 0 Å². The van der Waals surface area contributed by atoms with Gasteiger partial charge in [0.15, 0.2) is 0 Å². The Morgan fingerprint density at radius 2 is 1.71 bits per heavy atom. The van der Waals surface area contributed by atoms with Gasteiger partial charge in [-0.25, -0.2) is 14.4 Å². The van der Waals surface area contributed by atoms with Gasteiger partial charge in [-0.1, -0.05) is 18.2 Å². The van der Waals surface area contributed by atoms with Crippen LogP contribution in [0.15, 0.2) is 63.4 Å². The molecule has 0 bridgehead atoms. The average molecular weight is 383 g/mol. The fourth-order valence-corrected chi connectivity index (χ4v) is 2.63. The highest BCUT2D eigenvalue weighted by Gasteiger charge is 2.13. The maximum Gasteiger partial charge on any atom is 0.343 e. The highest BCUT2D eigenvalue weighted by atomic mass is 16.4. The third kappa shape index (κ3) is 4.97. The van der Waals surface area contributed by atoms with Crippen LogP contribution >= 0.6 is 0 Å². The molecule has 0 fully saturated rings. The summed E-state index contributed by atoms with van der Waals surface area (Å²) in [4.78, 5) is 35.8. The van der Waals surface area contributed by atoms with Crippen LogP contribution in [0, 0.1) is 0 Å². The Morgan fingerprint density at radius 3 is 2.32 bits per heavy atom. The number of fused-ring (bicyclic) bond motifs is 1. The van der Waals surface area contributed by atoms with Crippen LogP contribution in [-0.4, -0.2) is 35.2 Å². The molecule has 0 spiro atoms. The molecule has 0 atom stereocenters. The summed E-state index contributed by atoms with van der Waals surface area (Å²) in [6, 6.07) is 7.38. The zero-order valence-corrected chi connectivity index (χ0v) is 15.6. The number of allylic oxidation sites excluding steroid dienone is 4. The smallest absolute Gasteiger partial charge is 0.343 e. The van der Waals surface area contributed by atoms with Crippen LogP contribution in [0.2, 0.25) is 0 Å². The van der Waals surface area contributed by atoms with Crippen molar-refractivity contribution in [2.75, 3.05) is 18.0 Å². The Bertz CT molecular complexity index is 1010. The lowest BCUT2D eigenvalue weighted by molar-refractivity contribution is -0.140. The minimum Gasteiger partial charge on any atom is -0.477 e. The molecule has 0 saturated carbocycles. The molecule has 146 valence electrons. The highest BCUT2D eigenvalue weighted by molar-refractivity contribution is 6.12. The minimum absolute atomic E-state index is 0.327. The molecule has 0 amide bonds. The molecule has 0 aliphatic carbocycles. The van der Waals surface area contributed by atoms with Crippen molar-refractivity contribution in [1.82, 2.24) is 0 Å². The van der Waals surface area contributed by atoms with Gasteiger partial charge in [0.25, 0.3) is 0 Å². The monoisotopic (exact) mass is 383 g/mol. The standard InChI is InChI=1S/C21H21NO6/c1-3-22(4-2)16-11-10-14-12-15(21(27)28-18(14)13-16)8-6-5-7-9-17(19(23)24)20(25)26/h5-13H,3-4H2,1-2H3,(H,23,24)(H,25,26)/b7-5+,8-6+. The molecule has 0 unspecified atom stereocenters. The first-order chi connectivity index (χ1) is 13.4. The van der Waals surface area contributed by atoms with E-state index >= 15 is 0 Å². The van der Waals surface area contributed by atoms with Gasteiger partial charge in [-0.3, -0.25) is 0 Å². The van der Waals surface area contributed by atoms with Crippen molar-refractivity contribution in [3.05, 3.63) is 70.1 Å². The molecule has 2 aromatic rings. The zero-order chi connectivity index (χ0) is 20.7. The second kappa shape index (κ2) is 9.36. The molecule has 7 nitrogen and oxygen atoms in total. The number of carbonyl (C=O) groups is 2. The first kappa shape index (κ1) is 20.7. The van der Waals surface area contributed by atoms with Crippen molar-refractivity contribution in [2.45, 2.75) is 13.8 Å². The molecular weight excluding hydrogens is 362 g/mol. The van der Waals surface area contributed by atoms with Gasteiger partial charge in [0.1, 0.15) is 11.2 Å². The van der Waals surface area contributed by atoms with E-state index in [4.69, 9.17) is 14.6 Å². The summed E-state index contributed by atoms with van der Waals surface area (Å²) in [6.45, 7) is 5.80. The number of hydrogen-bond acceptors (Lipinski definition) is 5. The largest absolute Gasteiger partial charge is 0.477 e. The predicted octanol–water partition coefficient (Wildman–Crippen LogP) is 3.30. The van der Waals surface area contributed by atoms with E-state index in [1.54, 1.807) is 6.07 Å². The maximum atomic E-state index is 12.2. The lowest BCUT2D eigenvalue weighted by atomic mass is 10.1. The summed E-state index contributed by atoms with van der Waals surface area (Å²) < 4.78 is 5.41. The van der Waals surface area contributed by atoms with Crippen molar-refractivity contribution in [2.24, 2.45) is 0 Å². The zero-order valence-electron chi connectivity index (χ0n) is 15.6. The van der Waals surface area contributed by atoms with Crippen LogP contribution in [0.5, 0.6) is 0 Å². The molecule has 7 heteroatoms. The average Bonchev–Trinajstić information content (AvgIpc) is 2.65. The fraction of sp³-hybridized carbons (Fsp3) is 0.190. The molecule has 0 radical (unpaired) electrons. The summed E-state index contributed by atoms with van der Waals surface area (Å²) in [5.41, 5.74) is 0.553. The van der Waals surface area contributed by atoms with Crippen molar-refractivity contribution in [1.29, 1.82) is 0 Å². The van der Waals surface area contributed by atoms with Crippen LogP contribution in [0.25, 0.3) is 17.0 Å². The molecule has 2 N–H and O–H groups in total. The number of carboxylic acids is 2. The Hall–Kier alpha value is -3.61. The van der Waals surface area contributed by atoms with E-state index in [1.807, 2.05) is 18.2 Å². The van der Waals surface area contributed by atoms with E-state index in [0.29, 0.717) is 11.1 Å². The van der Waals surface area contributed by atoms with Gasteiger partial charge in [0.2, 0.25) is 0 Å². The molecule has 1 aromatic carbocycles. The number of anilines is 1. The SMILES string of the molecule is CCN(CC)c1ccc2cc(/C=C/C=C/C=C(C(=O)O)C(=O)O)c(=O)oc2c1. The maximum absolute atomic E-state index is 12.2. The van der Waals surface area contributed by atoms with E-state index in [2.05, 4.69) is 18.7 Å². The third-order valence-corrected chi connectivity index (χ3v) is 4.10. The normalized spacial score (nSPS) is 11.2. The molecule has 0 aliphatic rings. The fourth-order valence-electron chi connectivity index (χ4n) is 2.63. The number of carboxylic acid groups (broad SMARTS) is 2. The summed E-state index contributed by atoms with van der Waals surface area (Å²) in [7, 11) is 0. The van der Waals surface area contributed by atoms with E-state index in [9.17, 15) is 14.4 Å². The first-order valence-electron chi connectivity index (χ1n) is 8.71. The van der Waals surface area contributed by atoms with Crippen LogP contribution in [0.3, 0.4) is 0 Å². The molecule has 1 heterocycles. The topological polar surface area (TPSA) is 108 Å². The molecular formula is C21H21NO6. The number of nitrogens with zero attached hydrogens (tertiary/aromatic N) is 1. The predicted molar refractivity (Wildman–Crippen MR) is 108 cm³/mol. The van der Waals surface area contributed by atoms with Gasteiger partial charge < -0.3 is 19.5 Å². The number of rotatable bonds is 8. The Balaban J connectivity index is 2.26. The lowest BCUT2D eigenvalue weighted by Gasteiger charge is -2.20. The summed E-state index contributed by atoms with van der Waals surface area (Å²) in [6.07, 6.45) is 6.67. The quantitative estimate of drug-likeness (QED) is 0.237. The van der Waals surface area contributed by atoms with Gasteiger partial charge >= 0.3 is 17.6 Å². The minimum atomic E-state index is -1.53. The van der Waals surface area contributed by atoms with Gasteiger partial charge in [-0.15, -0.1) is 0 Å². The first-order valence-corrected chi connectivity index (χ1v) is 8.71. The molecule has 28 heavy (non-hydrogen) atoms. The van der Waals surface area contributed by atoms with E-state index < -0.39 is 23.1 Å². The Kier molecular flexibility index (Phi) is 6.92. The molecule has 2 rings (SSSR count). The summed E-state index contributed by atoms with van der Waals surface area (Å²) in [5, 5.41) is 18.3. The second-order valence-electron chi connectivity index (χ2n) is 5.82. The molecule has 1 aromatic heterocycles. The van der Waals surface area contributed by atoms with Crippen LogP contribution in [0.4, 0.5) is 5.69 Å². The summed E-state index contributed by atoms with van der Waals surface area (Å²) in [5.74, 6) is -3.05. The van der Waals surface area contributed by atoms with Crippen LogP contribution in [0.1, 0.15) is 19.4 Å². The summed E-state index contributed by atoms with van der Waals surface area (Å²) >= 11 is 0. The van der Waals surface area contributed by atoms with Crippen molar-refractivity contribution < 1.29 is 24.2 Å². The number of aliphatic carboxylic acids is 2. The molecule has 0 saturated heterocycles. The van der Waals surface area contributed by atoms with E-state index in [0.717, 1.165) is 30.2 Å². The van der Waals surface area contributed by atoms with E-state index in [1.165, 1.54) is 24.3 Å². The van der Waals surface area contributed by atoms with Gasteiger partial charge in [0.05, 0.1) is 5.56 Å². The highest BCUT2D eigenvalue weighted by Crippen LogP contribution is 2.22. The van der Waals surface area contributed by atoms with Crippen molar-refractivity contribution in [3.63, 3.8) is 0 Å². The van der Waals surface area contributed by atoms with Gasteiger partial charge in [-0.05, 0) is 44.2 Å². The van der Waals surface area contributed by atoms with Crippen molar-refractivity contribution in [3.8, 4) is 0 Å². The number of benzene rings is 1. The van der Waals surface area contributed by atoms with Crippen LogP contribution < -0.4 is 10.5 Å². The van der Waals surface area contributed by atoms with Crippen molar-refractivity contribution >= 4 is 34.7 Å². The second-order valence-corrected chi connectivity index (χ2v) is 5.82. The Labute approximate surface area is 161 Å². The van der Waals surface area contributed by atoms with Gasteiger partial charge in [-0.2, -0.15) is 0 Å². The third-order valence-electron chi connectivity index (χ3n) is 4.10. The van der Waals surface area contributed by atoms with Gasteiger partial charge in [0, 0.05) is 30.2 Å². The Morgan fingerprint density at radius 1 is 1.04 bits per heavy atom.